The first-order valence-electron chi connectivity index (χ1n) is 7.26. The highest BCUT2D eigenvalue weighted by atomic mass is 79.9. The lowest BCUT2D eigenvalue weighted by Crippen LogP contribution is -2.39. The minimum absolute atomic E-state index is 0.659. The van der Waals surface area contributed by atoms with Gasteiger partial charge in [0.15, 0.2) is 0 Å². The van der Waals surface area contributed by atoms with Crippen LogP contribution in [-0.2, 0) is 6.54 Å². The van der Waals surface area contributed by atoms with E-state index in [1.807, 2.05) is 0 Å². The molecule has 0 aromatic heterocycles. The molecule has 1 fully saturated rings. The molecule has 20 heavy (non-hydrogen) atoms. The summed E-state index contributed by atoms with van der Waals surface area (Å²) in [5.74, 6) is 0.708. The first kappa shape index (κ1) is 13.8. The van der Waals surface area contributed by atoms with Gasteiger partial charge in [-0.1, -0.05) is 58.4 Å². The maximum Gasteiger partial charge on any atom is 0.0210 e. The Hall–Kier alpha value is -1.12. The van der Waals surface area contributed by atoms with Crippen LogP contribution in [0.4, 0.5) is 0 Å². The zero-order valence-corrected chi connectivity index (χ0v) is 13.4. The van der Waals surface area contributed by atoms with Crippen LogP contribution < -0.4 is 5.32 Å². The molecule has 1 saturated carbocycles. The number of halogens is 1. The zero-order valence-electron chi connectivity index (χ0n) is 11.8. The van der Waals surface area contributed by atoms with Crippen LogP contribution in [0, 0.1) is 6.92 Å². The van der Waals surface area contributed by atoms with Crippen molar-refractivity contribution in [1.82, 2.24) is 5.32 Å². The number of rotatable bonds is 4. The van der Waals surface area contributed by atoms with Gasteiger partial charge in [-0.3, -0.25) is 0 Å². The highest BCUT2D eigenvalue weighted by molar-refractivity contribution is 9.10. The lowest BCUT2D eigenvalue weighted by atomic mass is 9.76. The van der Waals surface area contributed by atoms with Crippen molar-refractivity contribution >= 4 is 15.9 Å². The predicted molar refractivity (Wildman–Crippen MR) is 87.9 cm³/mol. The molecular weight excluding hydrogens is 310 g/mol. The molecule has 0 bridgehead atoms. The Kier molecular flexibility index (Phi) is 4.23. The third kappa shape index (κ3) is 2.97. The maximum absolute atomic E-state index is 3.68. The van der Waals surface area contributed by atoms with E-state index in [2.05, 4.69) is 76.7 Å². The van der Waals surface area contributed by atoms with Crippen molar-refractivity contribution in [1.29, 1.82) is 0 Å². The molecule has 2 aromatic rings. The van der Waals surface area contributed by atoms with Crippen molar-refractivity contribution in [2.24, 2.45) is 0 Å². The van der Waals surface area contributed by atoms with Crippen LogP contribution in [0.3, 0.4) is 0 Å². The number of aryl methyl sites for hydroxylation is 1. The molecule has 0 unspecified atom stereocenters. The molecule has 0 aliphatic heterocycles. The van der Waals surface area contributed by atoms with E-state index in [1.54, 1.807) is 0 Å². The Morgan fingerprint density at radius 1 is 1.05 bits per heavy atom. The predicted octanol–water partition coefficient (Wildman–Crippen LogP) is 4.79. The standard InChI is InChI=1S/C18H20BrN/c1-13-6-2-3-7-14(13)12-20-16-10-15(11-16)17-8-4-5-9-18(17)19/h2-9,15-16,20H,10-12H2,1H3. The van der Waals surface area contributed by atoms with Gasteiger partial charge in [0.05, 0.1) is 0 Å². The summed E-state index contributed by atoms with van der Waals surface area (Å²) in [4.78, 5) is 0. The van der Waals surface area contributed by atoms with Crippen LogP contribution in [0.25, 0.3) is 0 Å². The summed E-state index contributed by atoms with van der Waals surface area (Å²) in [6.45, 7) is 3.17. The molecule has 3 rings (SSSR count). The average molecular weight is 330 g/mol. The van der Waals surface area contributed by atoms with E-state index in [9.17, 15) is 0 Å². The Bertz CT molecular complexity index is 585. The molecule has 0 radical (unpaired) electrons. The number of hydrogen-bond donors (Lipinski definition) is 1. The zero-order chi connectivity index (χ0) is 13.9. The van der Waals surface area contributed by atoms with Crippen molar-refractivity contribution in [3.63, 3.8) is 0 Å². The van der Waals surface area contributed by atoms with Gasteiger partial charge >= 0.3 is 0 Å². The van der Waals surface area contributed by atoms with Crippen molar-refractivity contribution in [3.8, 4) is 0 Å². The molecule has 1 N–H and O–H groups in total. The molecule has 0 saturated heterocycles. The fourth-order valence-electron chi connectivity index (χ4n) is 2.91. The Labute approximate surface area is 129 Å². The second kappa shape index (κ2) is 6.11. The number of benzene rings is 2. The van der Waals surface area contributed by atoms with Gasteiger partial charge in [-0.2, -0.15) is 0 Å². The molecule has 1 aliphatic rings. The first-order valence-corrected chi connectivity index (χ1v) is 8.05. The van der Waals surface area contributed by atoms with Gasteiger partial charge in [0.25, 0.3) is 0 Å². The third-order valence-corrected chi connectivity index (χ3v) is 5.05. The summed E-state index contributed by atoms with van der Waals surface area (Å²) in [5.41, 5.74) is 4.25. The van der Waals surface area contributed by atoms with E-state index in [0.29, 0.717) is 12.0 Å². The highest BCUT2D eigenvalue weighted by Gasteiger charge is 2.30. The van der Waals surface area contributed by atoms with Gasteiger partial charge in [0, 0.05) is 17.1 Å². The third-order valence-electron chi connectivity index (χ3n) is 4.33. The second-order valence-corrected chi connectivity index (χ2v) is 6.55. The second-order valence-electron chi connectivity index (χ2n) is 5.69. The first-order chi connectivity index (χ1) is 9.74. The van der Waals surface area contributed by atoms with Crippen molar-refractivity contribution in [2.75, 3.05) is 0 Å². The van der Waals surface area contributed by atoms with Gasteiger partial charge in [-0.05, 0) is 48.4 Å². The highest BCUT2D eigenvalue weighted by Crippen LogP contribution is 2.40. The molecule has 1 nitrogen and oxygen atoms in total. The van der Waals surface area contributed by atoms with E-state index < -0.39 is 0 Å². The molecule has 0 heterocycles. The molecule has 0 spiro atoms. The number of hydrogen-bond acceptors (Lipinski definition) is 1. The SMILES string of the molecule is Cc1ccccc1CNC1CC(c2ccccc2Br)C1. The Morgan fingerprint density at radius 2 is 1.75 bits per heavy atom. The van der Waals surface area contributed by atoms with Gasteiger partial charge in [-0.15, -0.1) is 0 Å². The fourth-order valence-corrected chi connectivity index (χ4v) is 3.52. The molecule has 0 amide bonds. The molecule has 2 heteroatoms. The largest absolute Gasteiger partial charge is 0.310 e. The quantitative estimate of drug-likeness (QED) is 0.850. The monoisotopic (exact) mass is 329 g/mol. The van der Waals surface area contributed by atoms with E-state index in [4.69, 9.17) is 0 Å². The van der Waals surface area contributed by atoms with Gasteiger partial charge in [0.1, 0.15) is 0 Å². The normalized spacial score (nSPS) is 21.5. The van der Waals surface area contributed by atoms with E-state index >= 15 is 0 Å². The van der Waals surface area contributed by atoms with Gasteiger partial charge in [-0.25, -0.2) is 0 Å². The lowest BCUT2D eigenvalue weighted by Gasteiger charge is -2.37. The van der Waals surface area contributed by atoms with E-state index in [-0.39, 0.29) is 0 Å². The minimum Gasteiger partial charge on any atom is -0.310 e. The molecule has 2 aromatic carbocycles. The van der Waals surface area contributed by atoms with Crippen LogP contribution in [0.2, 0.25) is 0 Å². The van der Waals surface area contributed by atoms with Crippen LogP contribution in [0.5, 0.6) is 0 Å². The Morgan fingerprint density at radius 3 is 2.50 bits per heavy atom. The summed E-state index contributed by atoms with van der Waals surface area (Å²) in [6, 6.07) is 17.9. The van der Waals surface area contributed by atoms with E-state index in [0.717, 1.165) is 6.54 Å². The van der Waals surface area contributed by atoms with Gasteiger partial charge < -0.3 is 5.32 Å². The van der Waals surface area contributed by atoms with Crippen molar-refractivity contribution < 1.29 is 0 Å². The van der Waals surface area contributed by atoms with Gasteiger partial charge in [0.2, 0.25) is 0 Å². The molecule has 1 aliphatic carbocycles. The number of nitrogens with one attached hydrogen (secondary N) is 1. The summed E-state index contributed by atoms with van der Waals surface area (Å²) in [6.07, 6.45) is 2.49. The van der Waals surface area contributed by atoms with Crippen molar-refractivity contribution in [3.05, 3.63) is 69.7 Å². The topological polar surface area (TPSA) is 12.0 Å². The van der Waals surface area contributed by atoms with Crippen molar-refractivity contribution in [2.45, 2.75) is 38.3 Å². The maximum atomic E-state index is 3.68. The average Bonchev–Trinajstić information content (AvgIpc) is 2.41. The minimum atomic E-state index is 0.659. The van der Waals surface area contributed by atoms with Crippen LogP contribution >= 0.6 is 15.9 Å². The Balaban J connectivity index is 1.52. The molecule has 0 atom stereocenters. The summed E-state index contributed by atoms with van der Waals surface area (Å²) >= 11 is 3.66. The smallest absolute Gasteiger partial charge is 0.0210 e. The summed E-state index contributed by atoms with van der Waals surface area (Å²) in [5, 5.41) is 3.68. The van der Waals surface area contributed by atoms with E-state index in [1.165, 1.54) is 34.0 Å². The molecular formula is C18H20BrN. The van der Waals surface area contributed by atoms with Crippen LogP contribution in [0.1, 0.15) is 35.4 Å². The lowest BCUT2D eigenvalue weighted by molar-refractivity contribution is 0.289. The van der Waals surface area contributed by atoms with Crippen LogP contribution in [0.15, 0.2) is 53.0 Å². The fraction of sp³-hybridized carbons (Fsp3) is 0.333. The summed E-state index contributed by atoms with van der Waals surface area (Å²) in [7, 11) is 0. The molecule has 104 valence electrons. The van der Waals surface area contributed by atoms with Crippen LogP contribution in [-0.4, -0.2) is 6.04 Å². The summed E-state index contributed by atoms with van der Waals surface area (Å²) < 4.78 is 1.25.